The summed E-state index contributed by atoms with van der Waals surface area (Å²) in [6.07, 6.45) is 1.86. The van der Waals surface area contributed by atoms with Crippen molar-refractivity contribution in [2.24, 2.45) is 0 Å². The summed E-state index contributed by atoms with van der Waals surface area (Å²) in [5, 5.41) is 22.4. The number of phenolic OH excluding ortho intramolecular Hbond substituents is 2. The van der Waals surface area contributed by atoms with Gasteiger partial charge in [-0.2, -0.15) is 0 Å². The number of thioether (sulfide) groups is 4. The Morgan fingerprint density at radius 1 is 0.633 bits per heavy atom. The van der Waals surface area contributed by atoms with Crippen molar-refractivity contribution in [2.45, 2.75) is 73.0 Å². The molecule has 0 bridgehead atoms. The molecule has 2 nitrogen and oxygen atoms in total. The Morgan fingerprint density at radius 2 is 1.03 bits per heavy atom. The fourth-order valence-corrected chi connectivity index (χ4v) is 6.73. The molecule has 6 heteroatoms. The van der Waals surface area contributed by atoms with Crippen LogP contribution in [-0.2, 0) is 0 Å². The van der Waals surface area contributed by atoms with Crippen molar-refractivity contribution in [1.82, 2.24) is 0 Å². The van der Waals surface area contributed by atoms with Crippen LogP contribution in [0.4, 0.5) is 0 Å². The normalized spacial score (nSPS) is 11.4. The van der Waals surface area contributed by atoms with Gasteiger partial charge in [0, 0.05) is 26.8 Å². The summed E-state index contributed by atoms with van der Waals surface area (Å²) >= 11 is 6.96. The van der Waals surface area contributed by atoms with Gasteiger partial charge in [-0.1, -0.05) is 41.0 Å². The first kappa shape index (κ1) is 25.7. The first-order valence-electron chi connectivity index (χ1n) is 10.7. The second-order valence-electron chi connectivity index (χ2n) is 6.79. The average Bonchev–Trinajstić information content (AvgIpc) is 2.72. The molecule has 0 atom stereocenters. The van der Waals surface area contributed by atoms with E-state index in [1.165, 1.54) is 9.79 Å². The highest BCUT2D eigenvalue weighted by atomic mass is 32.2. The predicted molar refractivity (Wildman–Crippen MR) is 139 cm³/mol. The lowest BCUT2D eigenvalue weighted by molar-refractivity contribution is 0.436. The average molecular weight is 483 g/mol. The number of phenols is 2. The van der Waals surface area contributed by atoms with Crippen LogP contribution in [0.1, 0.15) is 64.5 Å². The van der Waals surface area contributed by atoms with Crippen LogP contribution in [0.2, 0.25) is 0 Å². The van der Waals surface area contributed by atoms with Gasteiger partial charge in [0.05, 0.1) is 9.79 Å². The van der Waals surface area contributed by atoms with Gasteiger partial charge in [0.2, 0.25) is 0 Å². The van der Waals surface area contributed by atoms with Crippen molar-refractivity contribution in [3.8, 4) is 11.5 Å². The number of rotatable bonds is 12. The summed E-state index contributed by atoms with van der Waals surface area (Å²) in [5.41, 5.74) is 1.88. The predicted octanol–water partition coefficient (Wildman–Crippen LogP) is 8.48. The molecule has 30 heavy (non-hydrogen) atoms. The Labute approximate surface area is 199 Å². The van der Waals surface area contributed by atoms with Gasteiger partial charge in [-0.3, -0.25) is 0 Å². The van der Waals surface area contributed by atoms with Gasteiger partial charge in [-0.25, -0.2) is 0 Å². The fraction of sp³-hybridized carbons (Fsp3) is 0.500. The lowest BCUT2D eigenvalue weighted by atomic mass is 9.86. The molecule has 0 fully saturated rings. The van der Waals surface area contributed by atoms with Crippen molar-refractivity contribution in [2.75, 3.05) is 23.0 Å². The molecule has 0 saturated heterocycles. The lowest BCUT2D eigenvalue weighted by Crippen LogP contribution is -2.04. The maximum absolute atomic E-state index is 11.2. The molecular weight excluding hydrogens is 449 g/mol. The van der Waals surface area contributed by atoms with Gasteiger partial charge in [0.25, 0.3) is 0 Å². The molecule has 0 aliphatic heterocycles. The smallest absolute Gasteiger partial charge is 0.133 e. The zero-order chi connectivity index (χ0) is 22.1. The van der Waals surface area contributed by atoms with Crippen molar-refractivity contribution in [3.63, 3.8) is 0 Å². The first-order valence-corrected chi connectivity index (χ1v) is 14.7. The van der Waals surface area contributed by atoms with E-state index in [1.807, 2.05) is 0 Å². The third-order valence-corrected chi connectivity index (χ3v) is 8.24. The van der Waals surface area contributed by atoms with E-state index in [1.54, 1.807) is 47.0 Å². The van der Waals surface area contributed by atoms with E-state index in [4.69, 9.17) is 0 Å². The Bertz CT molecular complexity index is 758. The summed E-state index contributed by atoms with van der Waals surface area (Å²) in [7, 11) is 0. The standard InChI is InChI=1S/C24H34O2S4/c1-6-11-18(19-12-16(27-7-2)14-21(23(19)25)29-9-4)20-13-17(28-8-3)15-22(24(20)26)30-10-5/h12-15,18,25-26H,6-11H2,1-5H3. The molecule has 2 aromatic rings. The van der Waals surface area contributed by atoms with Crippen LogP contribution in [0, 0.1) is 0 Å². The van der Waals surface area contributed by atoms with Gasteiger partial charge in [-0.05, 0) is 53.7 Å². The largest absolute Gasteiger partial charge is 0.506 e. The molecule has 0 saturated carbocycles. The summed E-state index contributed by atoms with van der Waals surface area (Å²) < 4.78 is 0. The molecule has 0 unspecified atom stereocenters. The van der Waals surface area contributed by atoms with Crippen LogP contribution >= 0.6 is 47.0 Å². The molecule has 0 spiro atoms. The van der Waals surface area contributed by atoms with E-state index in [9.17, 15) is 10.2 Å². The van der Waals surface area contributed by atoms with Crippen LogP contribution in [0.15, 0.2) is 43.8 Å². The topological polar surface area (TPSA) is 40.5 Å². The minimum absolute atomic E-state index is 0.0303. The Kier molecular flexibility index (Phi) is 11.2. The van der Waals surface area contributed by atoms with Crippen LogP contribution in [-0.4, -0.2) is 33.2 Å². The highest BCUT2D eigenvalue weighted by Crippen LogP contribution is 2.47. The van der Waals surface area contributed by atoms with E-state index >= 15 is 0 Å². The summed E-state index contributed by atoms with van der Waals surface area (Å²) in [5.74, 6) is 4.52. The van der Waals surface area contributed by atoms with Crippen LogP contribution in [0.5, 0.6) is 11.5 Å². The Hall–Kier alpha value is -0.560. The van der Waals surface area contributed by atoms with E-state index in [-0.39, 0.29) is 5.92 Å². The summed E-state index contributed by atoms with van der Waals surface area (Å²) in [4.78, 5) is 4.25. The monoisotopic (exact) mass is 482 g/mol. The minimum atomic E-state index is -0.0303. The maximum atomic E-state index is 11.2. The molecule has 0 aliphatic carbocycles. The molecule has 2 N–H and O–H groups in total. The van der Waals surface area contributed by atoms with E-state index in [0.29, 0.717) is 11.5 Å². The number of benzene rings is 2. The molecule has 2 rings (SSSR count). The number of hydrogen-bond acceptors (Lipinski definition) is 6. The first-order chi connectivity index (χ1) is 14.5. The van der Waals surface area contributed by atoms with Gasteiger partial charge in [-0.15, -0.1) is 47.0 Å². The third kappa shape index (κ3) is 6.47. The zero-order valence-corrected chi connectivity index (χ0v) is 21.9. The molecule has 0 radical (unpaired) electrons. The van der Waals surface area contributed by atoms with Crippen LogP contribution < -0.4 is 0 Å². The molecule has 0 aliphatic rings. The fourth-order valence-electron chi connectivity index (χ4n) is 3.54. The van der Waals surface area contributed by atoms with Gasteiger partial charge in [0.1, 0.15) is 11.5 Å². The second-order valence-corrected chi connectivity index (χ2v) is 12.1. The Morgan fingerprint density at radius 3 is 1.37 bits per heavy atom. The highest BCUT2D eigenvalue weighted by molar-refractivity contribution is 8.00. The molecule has 0 amide bonds. The zero-order valence-electron chi connectivity index (χ0n) is 18.7. The van der Waals surface area contributed by atoms with E-state index in [2.05, 4.69) is 58.9 Å². The van der Waals surface area contributed by atoms with Gasteiger partial charge in [0.15, 0.2) is 0 Å². The molecular formula is C24H34O2S4. The van der Waals surface area contributed by atoms with Crippen molar-refractivity contribution in [3.05, 3.63) is 35.4 Å². The summed E-state index contributed by atoms with van der Waals surface area (Å²) in [6, 6.07) is 8.47. The lowest BCUT2D eigenvalue weighted by Gasteiger charge is -2.24. The maximum Gasteiger partial charge on any atom is 0.133 e. The van der Waals surface area contributed by atoms with Gasteiger partial charge >= 0.3 is 0 Å². The molecule has 2 aromatic carbocycles. The SMILES string of the molecule is CCCC(c1cc(SCC)cc(SCC)c1O)c1cc(SCC)cc(SCC)c1O. The van der Waals surface area contributed by atoms with Crippen molar-refractivity contribution < 1.29 is 10.2 Å². The number of hydrogen-bond donors (Lipinski definition) is 2. The quantitative estimate of drug-likeness (QED) is 0.296. The Balaban J connectivity index is 2.70. The van der Waals surface area contributed by atoms with Crippen molar-refractivity contribution in [1.29, 1.82) is 0 Å². The number of aromatic hydroxyl groups is 2. The molecule has 0 aromatic heterocycles. The molecule has 0 heterocycles. The third-order valence-electron chi connectivity index (χ3n) is 4.71. The van der Waals surface area contributed by atoms with Gasteiger partial charge < -0.3 is 10.2 Å². The van der Waals surface area contributed by atoms with E-state index < -0.39 is 0 Å². The minimum Gasteiger partial charge on any atom is -0.506 e. The van der Waals surface area contributed by atoms with Crippen molar-refractivity contribution >= 4 is 47.0 Å². The second kappa shape index (κ2) is 13.1. The van der Waals surface area contributed by atoms with E-state index in [0.717, 1.165) is 56.8 Å². The van der Waals surface area contributed by atoms with Crippen LogP contribution in [0.25, 0.3) is 0 Å². The summed E-state index contributed by atoms with van der Waals surface area (Å²) in [6.45, 7) is 10.7. The highest BCUT2D eigenvalue weighted by Gasteiger charge is 2.25. The molecule has 166 valence electrons. The van der Waals surface area contributed by atoms with Crippen LogP contribution in [0.3, 0.4) is 0 Å².